The summed E-state index contributed by atoms with van der Waals surface area (Å²) in [5.41, 5.74) is 5.66. The van der Waals surface area contributed by atoms with Gasteiger partial charge in [0.05, 0.1) is 16.3 Å². The molecule has 3 aliphatic rings. The molecule has 212 valence electrons. The van der Waals surface area contributed by atoms with Gasteiger partial charge in [0.2, 0.25) is 5.91 Å². The average molecular weight is 561 g/mol. The van der Waals surface area contributed by atoms with Gasteiger partial charge in [-0.25, -0.2) is 8.42 Å². The smallest absolute Gasteiger partial charge is 0.222 e. The van der Waals surface area contributed by atoms with E-state index in [0.717, 1.165) is 11.3 Å². The molecule has 2 atom stereocenters. The van der Waals surface area contributed by atoms with Crippen LogP contribution in [0.2, 0.25) is 0 Å². The molecule has 3 aromatic rings. The van der Waals surface area contributed by atoms with Crippen molar-refractivity contribution in [1.29, 1.82) is 0 Å². The molecule has 0 N–H and O–H groups in total. The number of carbonyl (C=O) groups excluding carboxylic acids is 1. The molecule has 2 aliphatic carbocycles. The van der Waals surface area contributed by atoms with E-state index in [1.54, 1.807) is 19.1 Å². The van der Waals surface area contributed by atoms with Crippen LogP contribution in [0.1, 0.15) is 111 Å². The van der Waals surface area contributed by atoms with E-state index in [0.29, 0.717) is 42.7 Å². The van der Waals surface area contributed by atoms with Gasteiger partial charge >= 0.3 is 0 Å². The SMILES string of the molecule is CCS(=O)(=O)c1ccc(CCC(=O)N2CC(c3cccc(C4CC4)n3)C(c3cc(C4CC4)nn3C(C)C)C2)cc1. The fraction of sp³-hybridized carbons (Fsp3) is 0.531. The molecule has 1 aromatic carbocycles. The second kappa shape index (κ2) is 10.8. The van der Waals surface area contributed by atoms with Crippen molar-refractivity contribution in [3.8, 4) is 0 Å². The number of likely N-dealkylation sites (tertiary alicyclic amines) is 1. The van der Waals surface area contributed by atoms with Crippen LogP contribution in [0, 0.1) is 0 Å². The molecular formula is C32H40N4O3S. The Morgan fingerprint density at radius 3 is 2.23 bits per heavy atom. The van der Waals surface area contributed by atoms with Gasteiger partial charge in [-0.15, -0.1) is 0 Å². The summed E-state index contributed by atoms with van der Waals surface area (Å²) in [6, 6.07) is 16.0. The van der Waals surface area contributed by atoms with Crippen molar-refractivity contribution >= 4 is 15.7 Å². The molecule has 1 saturated heterocycles. The number of amides is 1. The maximum Gasteiger partial charge on any atom is 0.222 e. The summed E-state index contributed by atoms with van der Waals surface area (Å²) in [6.45, 7) is 7.33. The predicted octanol–water partition coefficient (Wildman–Crippen LogP) is 5.75. The van der Waals surface area contributed by atoms with Gasteiger partial charge < -0.3 is 4.90 Å². The molecule has 1 aliphatic heterocycles. The van der Waals surface area contributed by atoms with Crippen LogP contribution in [0.5, 0.6) is 0 Å². The Morgan fingerprint density at radius 1 is 0.925 bits per heavy atom. The maximum atomic E-state index is 13.6. The molecule has 0 spiro atoms. The number of nitrogens with zero attached hydrogens (tertiary/aromatic N) is 4. The summed E-state index contributed by atoms with van der Waals surface area (Å²) in [5.74, 6) is 1.65. The molecule has 8 heteroatoms. The van der Waals surface area contributed by atoms with Crippen molar-refractivity contribution in [1.82, 2.24) is 19.7 Å². The van der Waals surface area contributed by atoms with Gasteiger partial charge in [0, 0.05) is 66.3 Å². The van der Waals surface area contributed by atoms with Crippen molar-refractivity contribution in [2.24, 2.45) is 0 Å². The first kappa shape index (κ1) is 27.2. The lowest BCUT2D eigenvalue weighted by molar-refractivity contribution is -0.130. The number of pyridine rings is 1. The van der Waals surface area contributed by atoms with Gasteiger partial charge in [0.1, 0.15) is 0 Å². The second-order valence-corrected chi connectivity index (χ2v) is 14.4. The number of benzene rings is 1. The van der Waals surface area contributed by atoms with Crippen molar-refractivity contribution in [2.75, 3.05) is 18.8 Å². The van der Waals surface area contributed by atoms with Crippen LogP contribution < -0.4 is 0 Å². The van der Waals surface area contributed by atoms with Crippen LogP contribution in [0.3, 0.4) is 0 Å². The second-order valence-electron chi connectivity index (χ2n) is 12.1. The van der Waals surface area contributed by atoms with E-state index in [1.807, 2.05) is 17.0 Å². The van der Waals surface area contributed by atoms with E-state index in [1.165, 1.54) is 42.8 Å². The quantitative estimate of drug-likeness (QED) is 0.315. The topological polar surface area (TPSA) is 85.2 Å². The van der Waals surface area contributed by atoms with E-state index >= 15 is 0 Å². The summed E-state index contributed by atoms with van der Waals surface area (Å²) in [7, 11) is -3.23. The molecule has 2 saturated carbocycles. The van der Waals surface area contributed by atoms with Crippen LogP contribution >= 0.6 is 0 Å². The highest BCUT2D eigenvalue weighted by Crippen LogP contribution is 2.45. The van der Waals surface area contributed by atoms with Crippen molar-refractivity contribution < 1.29 is 13.2 Å². The van der Waals surface area contributed by atoms with E-state index in [9.17, 15) is 13.2 Å². The van der Waals surface area contributed by atoms with Gasteiger partial charge in [-0.05, 0) is 81.8 Å². The Kier molecular flexibility index (Phi) is 7.32. The van der Waals surface area contributed by atoms with Gasteiger partial charge in [-0.2, -0.15) is 5.10 Å². The monoisotopic (exact) mass is 560 g/mol. The first-order valence-electron chi connectivity index (χ1n) is 14.9. The third-order valence-corrected chi connectivity index (χ3v) is 10.5. The lowest BCUT2D eigenvalue weighted by Crippen LogP contribution is -2.29. The fourth-order valence-corrected chi connectivity index (χ4v) is 6.91. The zero-order chi connectivity index (χ0) is 28.0. The molecule has 40 heavy (non-hydrogen) atoms. The first-order valence-corrected chi connectivity index (χ1v) is 16.5. The van der Waals surface area contributed by atoms with Crippen LogP contribution in [0.25, 0.3) is 0 Å². The van der Waals surface area contributed by atoms with Crippen LogP contribution in [0.15, 0.2) is 53.4 Å². The number of aryl methyl sites for hydroxylation is 1. The number of hydrogen-bond donors (Lipinski definition) is 0. The summed E-state index contributed by atoms with van der Waals surface area (Å²) in [6.07, 6.45) is 5.83. The summed E-state index contributed by atoms with van der Waals surface area (Å²) in [4.78, 5) is 21.0. The zero-order valence-electron chi connectivity index (χ0n) is 23.8. The molecule has 7 nitrogen and oxygen atoms in total. The highest BCUT2D eigenvalue weighted by Gasteiger charge is 2.41. The van der Waals surface area contributed by atoms with Gasteiger partial charge in [-0.3, -0.25) is 14.5 Å². The molecule has 3 heterocycles. The minimum absolute atomic E-state index is 0.0818. The summed E-state index contributed by atoms with van der Waals surface area (Å²) >= 11 is 0. The number of hydrogen-bond acceptors (Lipinski definition) is 5. The van der Waals surface area contributed by atoms with E-state index in [4.69, 9.17) is 10.1 Å². The minimum atomic E-state index is -3.23. The third-order valence-electron chi connectivity index (χ3n) is 8.78. The van der Waals surface area contributed by atoms with Gasteiger partial charge in [0.25, 0.3) is 0 Å². The Balaban J connectivity index is 1.23. The number of aromatic nitrogens is 3. The maximum absolute atomic E-state index is 13.6. The highest BCUT2D eigenvalue weighted by molar-refractivity contribution is 7.91. The Hall–Kier alpha value is -3.00. The molecule has 3 fully saturated rings. The van der Waals surface area contributed by atoms with E-state index < -0.39 is 9.84 Å². The van der Waals surface area contributed by atoms with Crippen molar-refractivity contribution in [3.63, 3.8) is 0 Å². The van der Waals surface area contributed by atoms with E-state index in [2.05, 4.69) is 42.8 Å². The number of rotatable bonds is 10. The highest BCUT2D eigenvalue weighted by atomic mass is 32.2. The minimum Gasteiger partial charge on any atom is -0.341 e. The van der Waals surface area contributed by atoms with Crippen LogP contribution in [-0.4, -0.2) is 52.8 Å². The summed E-state index contributed by atoms with van der Waals surface area (Å²) < 4.78 is 26.5. The molecule has 2 aromatic heterocycles. The van der Waals surface area contributed by atoms with Gasteiger partial charge in [-0.1, -0.05) is 25.1 Å². The molecule has 6 rings (SSSR count). The predicted molar refractivity (Wildman–Crippen MR) is 155 cm³/mol. The van der Waals surface area contributed by atoms with Gasteiger partial charge in [0.15, 0.2) is 9.84 Å². The van der Waals surface area contributed by atoms with Crippen molar-refractivity contribution in [3.05, 3.63) is 76.9 Å². The number of carbonyl (C=O) groups is 1. The Morgan fingerprint density at radius 2 is 1.57 bits per heavy atom. The molecule has 0 bridgehead atoms. The Bertz CT molecular complexity index is 1490. The Labute approximate surface area is 237 Å². The lowest BCUT2D eigenvalue weighted by atomic mass is 9.89. The first-order chi connectivity index (χ1) is 19.2. The molecule has 2 unspecified atom stereocenters. The average Bonchev–Trinajstić information content (AvgIpc) is 3.90. The fourth-order valence-electron chi connectivity index (χ4n) is 6.03. The van der Waals surface area contributed by atoms with Crippen LogP contribution in [-0.2, 0) is 21.1 Å². The molecule has 1 amide bonds. The number of sulfone groups is 1. The van der Waals surface area contributed by atoms with Crippen LogP contribution in [0.4, 0.5) is 0 Å². The van der Waals surface area contributed by atoms with E-state index in [-0.39, 0.29) is 29.5 Å². The zero-order valence-corrected chi connectivity index (χ0v) is 24.6. The molecular weight excluding hydrogens is 520 g/mol. The lowest BCUT2D eigenvalue weighted by Gasteiger charge is -2.21. The standard InChI is InChI=1S/C32H40N4O3S/c1-4-40(38,39)25-15-8-22(9-16-25)10-17-32(37)35-19-26(29-7-5-6-28(33-29)23-11-12-23)27(20-35)31-18-30(24-13-14-24)34-36(31)21(2)3/h5-9,15-16,18,21,23-24,26-27H,4,10-14,17,19-20H2,1-3H3. The normalized spacial score (nSPS) is 21.4. The summed E-state index contributed by atoms with van der Waals surface area (Å²) in [5, 5.41) is 5.03. The third kappa shape index (κ3) is 5.60. The van der Waals surface area contributed by atoms with Crippen molar-refractivity contribution in [2.45, 2.75) is 93.9 Å². The molecule has 0 radical (unpaired) electrons. The largest absolute Gasteiger partial charge is 0.341 e.